The summed E-state index contributed by atoms with van der Waals surface area (Å²) in [5.41, 5.74) is 1.20. The van der Waals surface area contributed by atoms with E-state index in [0.29, 0.717) is 24.2 Å². The largest absolute Gasteiger partial charge is 0.477 e. The van der Waals surface area contributed by atoms with Gasteiger partial charge in [0.15, 0.2) is 0 Å². The molecule has 0 amide bonds. The summed E-state index contributed by atoms with van der Waals surface area (Å²) in [4.78, 5) is 15.0. The van der Waals surface area contributed by atoms with Crippen LogP contribution in [0.25, 0.3) is 11.1 Å². The molecule has 1 aromatic carbocycles. The molecule has 0 aliphatic carbocycles. The Bertz CT molecular complexity index is 843. The van der Waals surface area contributed by atoms with E-state index in [9.17, 15) is 13.2 Å². The Labute approximate surface area is 134 Å². The van der Waals surface area contributed by atoms with E-state index in [-0.39, 0.29) is 10.6 Å². The van der Waals surface area contributed by atoms with E-state index in [4.69, 9.17) is 5.11 Å². The first-order valence-electron chi connectivity index (χ1n) is 7.28. The van der Waals surface area contributed by atoms with Crippen LogP contribution in [0.2, 0.25) is 0 Å². The van der Waals surface area contributed by atoms with E-state index < -0.39 is 16.0 Å². The first kappa shape index (κ1) is 15.6. The third kappa shape index (κ3) is 3.11. The number of rotatable bonds is 4. The predicted molar refractivity (Wildman–Crippen MR) is 84.6 cm³/mol. The molecule has 1 aliphatic rings. The minimum Gasteiger partial charge on any atom is -0.477 e. The van der Waals surface area contributed by atoms with E-state index in [1.807, 2.05) is 0 Å². The molecule has 7 heteroatoms. The van der Waals surface area contributed by atoms with Crippen LogP contribution in [0, 0.1) is 0 Å². The van der Waals surface area contributed by atoms with Gasteiger partial charge in [0.2, 0.25) is 10.0 Å². The third-order valence-electron chi connectivity index (χ3n) is 3.85. The number of benzene rings is 1. The lowest BCUT2D eigenvalue weighted by Crippen LogP contribution is -2.27. The number of sulfonamides is 1. The summed E-state index contributed by atoms with van der Waals surface area (Å²) in [6.45, 7) is 1.09. The lowest BCUT2D eigenvalue weighted by atomic mass is 10.1. The smallest absolute Gasteiger partial charge is 0.354 e. The van der Waals surface area contributed by atoms with Crippen molar-refractivity contribution < 1.29 is 18.3 Å². The van der Waals surface area contributed by atoms with Gasteiger partial charge in [-0.2, -0.15) is 4.31 Å². The minimum atomic E-state index is -3.49. The molecule has 2 heterocycles. The Balaban J connectivity index is 2.00. The Kier molecular flexibility index (Phi) is 4.14. The van der Waals surface area contributed by atoms with Crippen LogP contribution in [0.4, 0.5) is 0 Å². The Morgan fingerprint density at radius 2 is 1.78 bits per heavy atom. The summed E-state index contributed by atoms with van der Waals surface area (Å²) < 4.78 is 26.7. The molecule has 0 bridgehead atoms. The quantitative estimate of drug-likeness (QED) is 0.927. The van der Waals surface area contributed by atoms with E-state index in [0.717, 1.165) is 12.8 Å². The van der Waals surface area contributed by atoms with Gasteiger partial charge in [0, 0.05) is 19.3 Å². The fourth-order valence-electron chi connectivity index (χ4n) is 2.64. The Morgan fingerprint density at radius 3 is 2.48 bits per heavy atom. The van der Waals surface area contributed by atoms with Crippen molar-refractivity contribution in [3.05, 3.63) is 48.3 Å². The van der Waals surface area contributed by atoms with Gasteiger partial charge >= 0.3 is 5.97 Å². The average molecular weight is 332 g/mol. The number of aromatic nitrogens is 1. The van der Waals surface area contributed by atoms with Crippen molar-refractivity contribution in [2.75, 3.05) is 13.1 Å². The van der Waals surface area contributed by atoms with Gasteiger partial charge in [0.1, 0.15) is 5.69 Å². The molecule has 0 atom stereocenters. The summed E-state index contributed by atoms with van der Waals surface area (Å²) >= 11 is 0. The molecule has 23 heavy (non-hydrogen) atoms. The van der Waals surface area contributed by atoms with Crippen molar-refractivity contribution in [2.24, 2.45) is 0 Å². The van der Waals surface area contributed by atoms with Crippen LogP contribution in [0.5, 0.6) is 0 Å². The average Bonchev–Trinajstić information content (AvgIpc) is 3.10. The molecule has 3 rings (SSSR count). The molecule has 0 saturated carbocycles. The highest BCUT2D eigenvalue weighted by atomic mass is 32.2. The fraction of sp³-hybridized carbons (Fsp3) is 0.250. The lowest BCUT2D eigenvalue weighted by Gasteiger charge is -2.16. The fourth-order valence-corrected chi connectivity index (χ4v) is 4.20. The van der Waals surface area contributed by atoms with Gasteiger partial charge < -0.3 is 5.11 Å². The topological polar surface area (TPSA) is 87.6 Å². The van der Waals surface area contributed by atoms with Crippen molar-refractivity contribution in [2.45, 2.75) is 17.7 Å². The van der Waals surface area contributed by atoms with Crippen molar-refractivity contribution in [3.8, 4) is 11.1 Å². The van der Waals surface area contributed by atoms with Gasteiger partial charge in [0.05, 0.1) is 4.90 Å². The maximum atomic E-state index is 12.6. The second-order valence-corrected chi connectivity index (χ2v) is 7.31. The maximum absolute atomic E-state index is 12.6. The highest BCUT2D eigenvalue weighted by Gasteiger charge is 2.27. The van der Waals surface area contributed by atoms with Crippen LogP contribution in [0.1, 0.15) is 23.3 Å². The highest BCUT2D eigenvalue weighted by Crippen LogP contribution is 2.26. The van der Waals surface area contributed by atoms with Gasteiger partial charge in [-0.05, 0) is 48.2 Å². The van der Waals surface area contributed by atoms with Crippen molar-refractivity contribution in [1.82, 2.24) is 9.29 Å². The van der Waals surface area contributed by atoms with E-state index in [1.54, 1.807) is 30.3 Å². The number of hydrogen-bond acceptors (Lipinski definition) is 4. The van der Waals surface area contributed by atoms with E-state index in [1.165, 1.54) is 16.6 Å². The minimum absolute atomic E-state index is 0.0738. The van der Waals surface area contributed by atoms with Gasteiger partial charge in [-0.3, -0.25) is 0 Å². The van der Waals surface area contributed by atoms with Crippen molar-refractivity contribution in [3.63, 3.8) is 0 Å². The van der Waals surface area contributed by atoms with Gasteiger partial charge in [-0.1, -0.05) is 12.1 Å². The lowest BCUT2D eigenvalue weighted by molar-refractivity contribution is 0.0690. The summed E-state index contributed by atoms with van der Waals surface area (Å²) in [5.74, 6) is -1.12. The van der Waals surface area contributed by atoms with Crippen LogP contribution in [0.15, 0.2) is 47.5 Å². The summed E-state index contributed by atoms with van der Waals surface area (Å²) in [5, 5.41) is 9.02. The van der Waals surface area contributed by atoms with Gasteiger partial charge in [-0.15, -0.1) is 0 Å². The molecule has 1 aliphatic heterocycles. The maximum Gasteiger partial charge on any atom is 0.354 e. The van der Waals surface area contributed by atoms with Crippen LogP contribution in [-0.2, 0) is 10.0 Å². The SMILES string of the molecule is O=C(O)c1cc(-c2cccc(S(=O)(=O)N3CCCC3)c2)ccn1. The van der Waals surface area contributed by atoms with E-state index in [2.05, 4.69) is 4.98 Å². The standard InChI is InChI=1S/C16H16N2O4S/c19-16(20)15-11-13(6-7-17-15)12-4-3-5-14(10-12)23(21,22)18-8-1-2-9-18/h3-7,10-11H,1-2,8-9H2,(H,19,20). The number of carboxylic acid groups (broad SMARTS) is 1. The summed E-state index contributed by atoms with van der Waals surface area (Å²) in [7, 11) is -3.49. The molecular formula is C16H16N2O4S. The molecule has 120 valence electrons. The Hall–Kier alpha value is -2.25. The normalized spacial score (nSPS) is 15.7. The van der Waals surface area contributed by atoms with E-state index >= 15 is 0 Å². The number of nitrogens with zero attached hydrogens (tertiary/aromatic N) is 2. The molecule has 2 aromatic rings. The first-order chi connectivity index (χ1) is 11.0. The van der Waals surface area contributed by atoms with Crippen LogP contribution in [-0.4, -0.2) is 41.9 Å². The zero-order chi connectivity index (χ0) is 16.4. The molecule has 0 radical (unpaired) electrons. The van der Waals surface area contributed by atoms with Crippen LogP contribution in [0.3, 0.4) is 0 Å². The van der Waals surface area contributed by atoms with Crippen LogP contribution >= 0.6 is 0 Å². The monoisotopic (exact) mass is 332 g/mol. The second-order valence-electron chi connectivity index (χ2n) is 5.37. The van der Waals surface area contributed by atoms with Gasteiger partial charge in [-0.25, -0.2) is 18.2 Å². The zero-order valence-corrected chi connectivity index (χ0v) is 13.2. The van der Waals surface area contributed by atoms with Crippen molar-refractivity contribution in [1.29, 1.82) is 0 Å². The molecule has 0 unspecified atom stereocenters. The number of carboxylic acids is 1. The molecule has 6 nitrogen and oxygen atoms in total. The number of hydrogen-bond donors (Lipinski definition) is 1. The Morgan fingerprint density at radius 1 is 1.09 bits per heavy atom. The second kappa shape index (κ2) is 6.10. The zero-order valence-electron chi connectivity index (χ0n) is 12.3. The summed E-state index contributed by atoms with van der Waals surface area (Å²) in [6, 6.07) is 9.66. The molecule has 1 fully saturated rings. The number of pyridine rings is 1. The highest BCUT2D eigenvalue weighted by molar-refractivity contribution is 7.89. The third-order valence-corrected chi connectivity index (χ3v) is 5.74. The molecule has 1 N–H and O–H groups in total. The van der Waals surface area contributed by atoms with Crippen molar-refractivity contribution >= 4 is 16.0 Å². The summed E-state index contributed by atoms with van der Waals surface area (Å²) in [6.07, 6.45) is 3.16. The van der Waals surface area contributed by atoms with Gasteiger partial charge in [0.25, 0.3) is 0 Å². The molecule has 0 spiro atoms. The predicted octanol–water partition coefficient (Wildman–Crippen LogP) is 2.23. The molecule has 1 saturated heterocycles. The number of aromatic carboxylic acids is 1. The van der Waals surface area contributed by atoms with Crippen LogP contribution < -0.4 is 0 Å². The number of carbonyl (C=O) groups is 1. The molecular weight excluding hydrogens is 316 g/mol. The molecule has 1 aromatic heterocycles. The first-order valence-corrected chi connectivity index (χ1v) is 8.72.